The number of nitrogens with zero attached hydrogens (tertiary/aromatic N) is 1. The van der Waals surface area contributed by atoms with E-state index in [1.54, 1.807) is 6.07 Å². The van der Waals surface area contributed by atoms with Gasteiger partial charge < -0.3 is 10.2 Å². The average molecular weight is 285 g/mol. The smallest absolute Gasteiger partial charge is 0.126 e. The molecular weight excluding hydrogens is 263 g/mol. The highest BCUT2D eigenvalue weighted by molar-refractivity contribution is 6.30. The quantitative estimate of drug-likeness (QED) is 0.893. The van der Waals surface area contributed by atoms with Gasteiger partial charge in [-0.05, 0) is 57.0 Å². The van der Waals surface area contributed by atoms with Crippen LogP contribution in [0.2, 0.25) is 5.02 Å². The van der Waals surface area contributed by atoms with Gasteiger partial charge in [-0.25, -0.2) is 4.39 Å². The molecule has 0 bridgehead atoms. The van der Waals surface area contributed by atoms with E-state index in [1.807, 2.05) is 0 Å². The first kappa shape index (κ1) is 14.6. The fourth-order valence-corrected chi connectivity index (χ4v) is 2.93. The van der Waals surface area contributed by atoms with Crippen molar-refractivity contribution < 1.29 is 4.39 Å². The summed E-state index contributed by atoms with van der Waals surface area (Å²) in [7, 11) is 0. The molecule has 0 saturated carbocycles. The Balaban J connectivity index is 1.92. The minimum atomic E-state index is -0.281. The summed E-state index contributed by atoms with van der Waals surface area (Å²) < 4.78 is 13.3. The Morgan fingerprint density at radius 2 is 2.16 bits per heavy atom. The van der Waals surface area contributed by atoms with Crippen LogP contribution in [0.1, 0.15) is 32.6 Å². The van der Waals surface area contributed by atoms with E-state index in [0.29, 0.717) is 11.1 Å². The SMILES string of the molecule is CCCN1CCCC(Nc2cc(F)cc(Cl)c2)CC1. The molecule has 1 heterocycles. The number of nitrogens with one attached hydrogen (secondary N) is 1. The minimum absolute atomic E-state index is 0.281. The maximum atomic E-state index is 13.3. The van der Waals surface area contributed by atoms with E-state index in [-0.39, 0.29) is 5.82 Å². The van der Waals surface area contributed by atoms with Gasteiger partial charge in [-0.1, -0.05) is 18.5 Å². The number of halogens is 2. The lowest BCUT2D eigenvalue weighted by Crippen LogP contribution is -2.27. The Morgan fingerprint density at radius 3 is 2.89 bits per heavy atom. The second kappa shape index (κ2) is 7.11. The standard InChI is InChI=1S/C15H22ClFN2/c1-2-6-19-7-3-4-14(5-8-19)18-15-10-12(16)9-13(17)11-15/h9-11,14,18H,2-8H2,1H3. The molecule has 1 N–H and O–H groups in total. The van der Waals surface area contributed by atoms with E-state index >= 15 is 0 Å². The van der Waals surface area contributed by atoms with Crippen LogP contribution < -0.4 is 5.32 Å². The average Bonchev–Trinajstić information content (AvgIpc) is 2.54. The van der Waals surface area contributed by atoms with Crippen LogP contribution in [0.3, 0.4) is 0 Å². The Hall–Kier alpha value is -0.800. The summed E-state index contributed by atoms with van der Waals surface area (Å²) in [6, 6.07) is 5.06. The van der Waals surface area contributed by atoms with Crippen LogP contribution in [0.4, 0.5) is 10.1 Å². The van der Waals surface area contributed by atoms with Crippen LogP contribution in [0.5, 0.6) is 0 Å². The predicted molar refractivity (Wildman–Crippen MR) is 79.4 cm³/mol. The van der Waals surface area contributed by atoms with Gasteiger partial charge in [0.25, 0.3) is 0 Å². The fourth-order valence-electron chi connectivity index (χ4n) is 2.71. The second-order valence-corrected chi connectivity index (χ2v) is 5.71. The minimum Gasteiger partial charge on any atom is -0.382 e. The van der Waals surface area contributed by atoms with E-state index in [0.717, 1.165) is 25.1 Å². The van der Waals surface area contributed by atoms with E-state index in [9.17, 15) is 4.39 Å². The van der Waals surface area contributed by atoms with E-state index in [2.05, 4.69) is 17.1 Å². The Kier molecular flexibility index (Phi) is 5.46. The molecule has 0 spiro atoms. The van der Waals surface area contributed by atoms with Gasteiger partial charge in [-0.3, -0.25) is 0 Å². The van der Waals surface area contributed by atoms with Crippen LogP contribution >= 0.6 is 11.6 Å². The molecule has 0 aromatic heterocycles. The van der Waals surface area contributed by atoms with Crippen LogP contribution in [0, 0.1) is 5.82 Å². The maximum Gasteiger partial charge on any atom is 0.126 e. The number of hydrogen-bond donors (Lipinski definition) is 1. The van der Waals surface area contributed by atoms with Crippen molar-refractivity contribution >= 4 is 17.3 Å². The van der Waals surface area contributed by atoms with Gasteiger partial charge in [0.2, 0.25) is 0 Å². The van der Waals surface area contributed by atoms with Crippen LogP contribution in [-0.2, 0) is 0 Å². The summed E-state index contributed by atoms with van der Waals surface area (Å²) in [5, 5.41) is 3.86. The lowest BCUT2D eigenvalue weighted by Gasteiger charge is -2.20. The first-order valence-corrected chi connectivity index (χ1v) is 7.50. The van der Waals surface area contributed by atoms with E-state index < -0.39 is 0 Å². The van der Waals surface area contributed by atoms with Crippen molar-refractivity contribution in [2.24, 2.45) is 0 Å². The molecule has 1 saturated heterocycles. The van der Waals surface area contributed by atoms with Crippen molar-refractivity contribution in [2.45, 2.75) is 38.6 Å². The molecule has 0 radical (unpaired) electrons. The van der Waals surface area contributed by atoms with Crippen molar-refractivity contribution in [1.29, 1.82) is 0 Å². The molecule has 1 atom stereocenters. The van der Waals surface area contributed by atoms with E-state index in [4.69, 9.17) is 11.6 Å². The molecule has 4 heteroatoms. The molecule has 1 aromatic carbocycles. The first-order valence-electron chi connectivity index (χ1n) is 7.12. The Labute approximate surface area is 119 Å². The van der Waals surface area contributed by atoms with Crippen LogP contribution in [-0.4, -0.2) is 30.6 Å². The van der Waals surface area contributed by atoms with Crippen LogP contribution in [0.25, 0.3) is 0 Å². The van der Waals surface area contributed by atoms with Crippen molar-refractivity contribution in [3.8, 4) is 0 Å². The molecule has 2 nitrogen and oxygen atoms in total. The molecule has 0 amide bonds. The molecule has 0 aliphatic carbocycles. The maximum absolute atomic E-state index is 13.3. The molecule has 2 rings (SSSR count). The van der Waals surface area contributed by atoms with Crippen molar-refractivity contribution in [3.63, 3.8) is 0 Å². The molecule has 1 unspecified atom stereocenters. The number of likely N-dealkylation sites (tertiary alicyclic amines) is 1. The summed E-state index contributed by atoms with van der Waals surface area (Å²) in [6.07, 6.45) is 4.64. The topological polar surface area (TPSA) is 15.3 Å². The molecular formula is C15H22ClFN2. The number of benzene rings is 1. The summed E-state index contributed by atoms with van der Waals surface area (Å²) in [5.41, 5.74) is 0.791. The van der Waals surface area contributed by atoms with Gasteiger partial charge >= 0.3 is 0 Å². The van der Waals surface area contributed by atoms with Crippen molar-refractivity contribution in [3.05, 3.63) is 29.0 Å². The third-order valence-corrected chi connectivity index (χ3v) is 3.81. The normalized spacial score (nSPS) is 21.1. The molecule has 1 aliphatic rings. The van der Waals surface area contributed by atoms with Gasteiger partial charge in [-0.2, -0.15) is 0 Å². The van der Waals surface area contributed by atoms with Gasteiger partial charge in [0.05, 0.1) is 0 Å². The Morgan fingerprint density at radius 1 is 1.32 bits per heavy atom. The highest BCUT2D eigenvalue weighted by Gasteiger charge is 2.16. The monoisotopic (exact) mass is 284 g/mol. The van der Waals surface area contributed by atoms with E-state index in [1.165, 1.54) is 38.1 Å². The lowest BCUT2D eigenvalue weighted by atomic mass is 10.1. The highest BCUT2D eigenvalue weighted by atomic mass is 35.5. The lowest BCUT2D eigenvalue weighted by molar-refractivity contribution is 0.285. The fraction of sp³-hybridized carbons (Fsp3) is 0.600. The van der Waals surface area contributed by atoms with Crippen molar-refractivity contribution in [2.75, 3.05) is 25.0 Å². The number of anilines is 1. The third kappa shape index (κ3) is 4.66. The second-order valence-electron chi connectivity index (χ2n) is 5.27. The van der Waals surface area contributed by atoms with Gasteiger partial charge in [-0.15, -0.1) is 0 Å². The van der Waals surface area contributed by atoms with Gasteiger partial charge in [0.15, 0.2) is 0 Å². The number of hydrogen-bond acceptors (Lipinski definition) is 2. The Bertz CT molecular complexity index is 391. The zero-order valence-corrected chi connectivity index (χ0v) is 12.2. The number of rotatable bonds is 4. The third-order valence-electron chi connectivity index (χ3n) is 3.59. The largest absolute Gasteiger partial charge is 0.382 e. The predicted octanol–water partition coefficient (Wildman–Crippen LogP) is 4.16. The van der Waals surface area contributed by atoms with Crippen molar-refractivity contribution in [1.82, 2.24) is 4.90 Å². The van der Waals surface area contributed by atoms with Gasteiger partial charge in [0, 0.05) is 23.3 Å². The first-order chi connectivity index (χ1) is 9.17. The molecule has 1 fully saturated rings. The van der Waals surface area contributed by atoms with Crippen LogP contribution in [0.15, 0.2) is 18.2 Å². The molecule has 1 aliphatic heterocycles. The summed E-state index contributed by atoms with van der Waals surface area (Å²) in [5.74, 6) is -0.281. The zero-order valence-electron chi connectivity index (χ0n) is 11.5. The molecule has 106 valence electrons. The molecule has 19 heavy (non-hydrogen) atoms. The summed E-state index contributed by atoms with van der Waals surface area (Å²) >= 11 is 5.88. The highest BCUT2D eigenvalue weighted by Crippen LogP contribution is 2.21. The van der Waals surface area contributed by atoms with Gasteiger partial charge in [0.1, 0.15) is 5.82 Å². The molecule has 1 aromatic rings. The zero-order chi connectivity index (χ0) is 13.7. The summed E-state index contributed by atoms with van der Waals surface area (Å²) in [6.45, 7) is 5.69. The summed E-state index contributed by atoms with van der Waals surface area (Å²) in [4.78, 5) is 2.51.